The van der Waals surface area contributed by atoms with Crippen molar-refractivity contribution < 1.29 is 0 Å². The van der Waals surface area contributed by atoms with E-state index < -0.39 is 0 Å². The Morgan fingerprint density at radius 2 is 2.58 bits per heavy atom. The van der Waals surface area contributed by atoms with Gasteiger partial charge >= 0.3 is 0 Å². The highest BCUT2D eigenvalue weighted by Gasteiger charge is 2.11. The highest BCUT2D eigenvalue weighted by molar-refractivity contribution is 7.10. The molecule has 0 aliphatic carbocycles. The number of halogens is 1. The van der Waals surface area contributed by atoms with Crippen LogP contribution in [0.1, 0.15) is 17.8 Å². The highest BCUT2D eigenvalue weighted by atomic mass is 35.5. The van der Waals surface area contributed by atoms with Crippen LogP contribution in [-0.4, -0.2) is 6.54 Å². The van der Waals surface area contributed by atoms with Gasteiger partial charge < -0.3 is 0 Å². The van der Waals surface area contributed by atoms with Gasteiger partial charge in [-0.3, -0.25) is 5.32 Å². The summed E-state index contributed by atoms with van der Waals surface area (Å²) in [5.74, 6) is 2.66. The Morgan fingerprint density at radius 1 is 1.83 bits per heavy atom. The van der Waals surface area contributed by atoms with Crippen molar-refractivity contribution in [2.75, 3.05) is 6.54 Å². The van der Waals surface area contributed by atoms with E-state index in [1.165, 1.54) is 0 Å². The third-order valence-corrected chi connectivity index (χ3v) is 2.91. The maximum Gasteiger partial charge on any atom is 0.105 e. The Balaban J connectivity index is 2.81. The van der Waals surface area contributed by atoms with Crippen LogP contribution in [0.25, 0.3) is 0 Å². The molecule has 1 aromatic rings. The summed E-state index contributed by atoms with van der Waals surface area (Å²) in [5.41, 5.74) is 0. The summed E-state index contributed by atoms with van der Waals surface area (Å²) in [7, 11) is 0. The van der Waals surface area contributed by atoms with E-state index >= 15 is 0 Å². The summed E-state index contributed by atoms with van der Waals surface area (Å²) >= 11 is 7.51. The Kier molecular flexibility index (Phi) is 3.61. The Hall–Kier alpha value is -0.490. The number of terminal acetylenes is 1. The second-order valence-corrected chi connectivity index (χ2v) is 3.65. The van der Waals surface area contributed by atoms with Crippen molar-refractivity contribution in [1.29, 1.82) is 0 Å². The molecule has 0 saturated heterocycles. The zero-order valence-electron chi connectivity index (χ0n) is 6.80. The first-order valence-corrected chi connectivity index (χ1v) is 4.97. The van der Waals surface area contributed by atoms with Gasteiger partial charge in [-0.25, -0.2) is 0 Å². The van der Waals surface area contributed by atoms with Crippen LogP contribution in [0.5, 0.6) is 0 Å². The average Bonchev–Trinajstić information content (AvgIpc) is 2.47. The highest BCUT2D eigenvalue weighted by Crippen LogP contribution is 2.27. The molecule has 0 spiro atoms. The van der Waals surface area contributed by atoms with Crippen LogP contribution in [0.3, 0.4) is 0 Å². The van der Waals surface area contributed by atoms with Crippen LogP contribution in [0, 0.1) is 12.3 Å². The van der Waals surface area contributed by atoms with Crippen LogP contribution in [0.4, 0.5) is 0 Å². The van der Waals surface area contributed by atoms with Crippen molar-refractivity contribution in [3.8, 4) is 12.3 Å². The fraction of sp³-hybridized carbons (Fsp3) is 0.333. The second-order valence-electron chi connectivity index (χ2n) is 2.29. The topological polar surface area (TPSA) is 12.0 Å². The maximum absolute atomic E-state index is 5.92. The minimum atomic E-state index is -0.0394. The molecular formula is C9H10ClNS. The van der Waals surface area contributed by atoms with Gasteiger partial charge in [-0.2, -0.15) is 0 Å². The van der Waals surface area contributed by atoms with Crippen LogP contribution >= 0.6 is 22.9 Å². The molecule has 0 aliphatic rings. The van der Waals surface area contributed by atoms with Gasteiger partial charge in [0.15, 0.2) is 0 Å². The molecule has 1 heterocycles. The number of nitrogens with one attached hydrogen (secondary N) is 1. The van der Waals surface area contributed by atoms with E-state index in [2.05, 4.69) is 11.2 Å². The van der Waals surface area contributed by atoms with Gasteiger partial charge in [-0.15, -0.1) is 17.8 Å². The minimum Gasteiger partial charge on any atom is -0.300 e. The van der Waals surface area contributed by atoms with Crippen LogP contribution in [-0.2, 0) is 0 Å². The summed E-state index contributed by atoms with van der Waals surface area (Å²) in [4.78, 5) is 1.03. The summed E-state index contributed by atoms with van der Waals surface area (Å²) in [6.07, 6.45) is 5.35. The van der Waals surface area contributed by atoms with Gasteiger partial charge in [0.05, 0.1) is 9.90 Å². The zero-order valence-corrected chi connectivity index (χ0v) is 8.38. The van der Waals surface area contributed by atoms with E-state index in [1.54, 1.807) is 11.3 Å². The summed E-state index contributed by atoms with van der Waals surface area (Å²) in [6, 6.07) is 1.82. The molecule has 0 bridgehead atoms. The molecule has 3 heteroatoms. The molecule has 0 saturated carbocycles. The van der Waals surface area contributed by atoms with Crippen LogP contribution in [0.2, 0.25) is 5.02 Å². The first-order valence-electron chi connectivity index (χ1n) is 3.72. The molecule has 1 atom stereocenters. The first kappa shape index (κ1) is 9.60. The van der Waals surface area contributed by atoms with Gasteiger partial charge in [-0.05, 0) is 18.0 Å². The van der Waals surface area contributed by atoms with Gasteiger partial charge in [0.2, 0.25) is 0 Å². The van der Waals surface area contributed by atoms with Gasteiger partial charge in [0.1, 0.15) is 6.04 Å². The summed E-state index contributed by atoms with van der Waals surface area (Å²) < 4.78 is 0. The summed E-state index contributed by atoms with van der Waals surface area (Å²) in [6.45, 7) is 2.87. The molecule has 0 aromatic carbocycles. The minimum absolute atomic E-state index is 0.0394. The molecule has 0 amide bonds. The molecule has 1 rings (SSSR count). The molecule has 1 nitrogen and oxygen atoms in total. The van der Waals surface area contributed by atoms with Crippen molar-refractivity contribution in [2.24, 2.45) is 0 Å². The van der Waals surface area contributed by atoms with E-state index in [4.69, 9.17) is 18.0 Å². The van der Waals surface area contributed by atoms with Crippen molar-refractivity contribution in [2.45, 2.75) is 13.0 Å². The van der Waals surface area contributed by atoms with Crippen molar-refractivity contribution in [1.82, 2.24) is 5.32 Å². The molecule has 12 heavy (non-hydrogen) atoms. The molecule has 1 N–H and O–H groups in total. The van der Waals surface area contributed by atoms with Crippen molar-refractivity contribution in [3.63, 3.8) is 0 Å². The van der Waals surface area contributed by atoms with E-state index in [9.17, 15) is 0 Å². The van der Waals surface area contributed by atoms with E-state index in [-0.39, 0.29) is 6.04 Å². The lowest BCUT2D eigenvalue weighted by Gasteiger charge is -2.09. The van der Waals surface area contributed by atoms with E-state index in [0.717, 1.165) is 16.4 Å². The lowest BCUT2D eigenvalue weighted by Crippen LogP contribution is -2.18. The SMILES string of the molecule is C#CC(NCC)c1sccc1Cl. The first-order chi connectivity index (χ1) is 5.79. The normalized spacial score (nSPS) is 12.4. The summed E-state index contributed by atoms with van der Waals surface area (Å²) in [5, 5.41) is 5.86. The predicted molar refractivity (Wildman–Crippen MR) is 54.6 cm³/mol. The predicted octanol–water partition coefficient (Wildman–Crippen LogP) is 2.69. The third kappa shape index (κ3) is 2.01. The van der Waals surface area contributed by atoms with Gasteiger partial charge in [0.25, 0.3) is 0 Å². The fourth-order valence-corrected chi connectivity index (χ4v) is 2.14. The molecule has 0 aliphatic heterocycles. The lowest BCUT2D eigenvalue weighted by molar-refractivity contribution is 0.674. The number of thiophene rings is 1. The van der Waals surface area contributed by atoms with Crippen molar-refractivity contribution in [3.05, 3.63) is 21.3 Å². The average molecular weight is 200 g/mol. The molecule has 0 radical (unpaired) electrons. The quantitative estimate of drug-likeness (QED) is 0.739. The monoisotopic (exact) mass is 199 g/mol. The third-order valence-electron chi connectivity index (χ3n) is 1.48. The van der Waals surface area contributed by atoms with Gasteiger partial charge in [-0.1, -0.05) is 24.4 Å². The smallest absolute Gasteiger partial charge is 0.105 e. The zero-order chi connectivity index (χ0) is 8.97. The molecular weight excluding hydrogens is 190 g/mol. The Labute approximate surface area is 81.7 Å². The van der Waals surface area contributed by atoms with E-state index in [0.29, 0.717) is 0 Å². The molecule has 1 unspecified atom stereocenters. The maximum atomic E-state index is 5.92. The Morgan fingerprint density at radius 3 is 3.00 bits per heavy atom. The van der Waals surface area contributed by atoms with Gasteiger partial charge in [0, 0.05) is 0 Å². The van der Waals surface area contributed by atoms with Crippen LogP contribution in [0.15, 0.2) is 11.4 Å². The second kappa shape index (κ2) is 4.51. The van der Waals surface area contributed by atoms with Crippen molar-refractivity contribution >= 4 is 22.9 Å². The number of hydrogen-bond acceptors (Lipinski definition) is 2. The Bertz CT molecular complexity index is 287. The number of hydrogen-bond donors (Lipinski definition) is 1. The van der Waals surface area contributed by atoms with E-state index in [1.807, 2.05) is 18.4 Å². The molecule has 0 fully saturated rings. The van der Waals surface area contributed by atoms with Crippen LogP contribution < -0.4 is 5.32 Å². The molecule has 64 valence electrons. The lowest BCUT2D eigenvalue weighted by atomic mass is 10.2. The number of rotatable bonds is 3. The standard InChI is InChI=1S/C9H10ClNS/c1-3-8(11-4-2)9-7(10)5-6-12-9/h1,5-6,8,11H,4H2,2H3. The molecule has 1 aromatic heterocycles. The fourth-order valence-electron chi connectivity index (χ4n) is 0.943. The largest absolute Gasteiger partial charge is 0.300 e.